The fraction of sp³-hybridized carbons (Fsp3) is 0.407. The van der Waals surface area contributed by atoms with E-state index in [1.54, 1.807) is 18.3 Å². The Kier molecular flexibility index (Phi) is 6.18. The minimum Gasteiger partial charge on any atom is -0.481 e. The molecule has 168 valence electrons. The lowest BCUT2D eigenvalue weighted by Gasteiger charge is -2.40. The van der Waals surface area contributed by atoms with E-state index >= 15 is 0 Å². The smallest absolute Gasteiger partial charge is 0.263 e. The number of fused-ring (bicyclic) bond motifs is 1. The van der Waals surface area contributed by atoms with Gasteiger partial charge in [-0.3, -0.25) is 9.78 Å². The molecular weight excluding hydrogens is 403 g/mol. The molecule has 4 nitrogen and oxygen atoms in total. The van der Waals surface area contributed by atoms with Gasteiger partial charge < -0.3 is 9.64 Å². The predicted molar refractivity (Wildman–Crippen MR) is 126 cm³/mol. The van der Waals surface area contributed by atoms with Crippen LogP contribution in [0.3, 0.4) is 0 Å². The molecule has 0 spiro atoms. The highest BCUT2D eigenvalue weighted by atomic mass is 19.1. The van der Waals surface area contributed by atoms with Crippen LogP contribution >= 0.6 is 0 Å². The quantitative estimate of drug-likeness (QED) is 0.490. The van der Waals surface area contributed by atoms with Crippen LogP contribution in [0.25, 0.3) is 22.0 Å². The standard InChI is InChI=1S/C27H31FN2O2/c1-16-13-21(28)14-17(2)26(16)24-11-12-29-25-15-22(9-10-23(24)25)32-20(5)27(31)30-18(3)7-6-8-19(30)4/h9-15,18-20H,6-8H2,1-5H3. The van der Waals surface area contributed by atoms with E-state index in [0.29, 0.717) is 5.75 Å². The summed E-state index contributed by atoms with van der Waals surface area (Å²) in [4.78, 5) is 19.6. The summed E-state index contributed by atoms with van der Waals surface area (Å²) in [6.07, 6.45) is 4.42. The second kappa shape index (κ2) is 8.89. The number of aryl methyl sites for hydroxylation is 2. The van der Waals surface area contributed by atoms with Gasteiger partial charge in [-0.15, -0.1) is 0 Å². The number of hydrogen-bond acceptors (Lipinski definition) is 3. The molecule has 1 saturated heterocycles. The topological polar surface area (TPSA) is 42.4 Å². The third-order valence-electron chi connectivity index (χ3n) is 6.59. The monoisotopic (exact) mass is 434 g/mol. The summed E-state index contributed by atoms with van der Waals surface area (Å²) in [6, 6.07) is 11.3. The normalized spacial score (nSPS) is 19.8. The van der Waals surface area contributed by atoms with Gasteiger partial charge in [-0.2, -0.15) is 0 Å². The number of carbonyl (C=O) groups is 1. The Bertz CT molecular complexity index is 1130. The first-order valence-corrected chi connectivity index (χ1v) is 11.4. The van der Waals surface area contributed by atoms with Crippen molar-refractivity contribution >= 4 is 16.8 Å². The SMILES string of the molecule is Cc1cc(F)cc(C)c1-c1ccnc2cc(OC(C)C(=O)N3C(C)CCCC3C)ccc12. The van der Waals surface area contributed by atoms with Crippen LogP contribution < -0.4 is 4.74 Å². The number of carbonyl (C=O) groups excluding carboxylic acids is 1. The van der Waals surface area contributed by atoms with Gasteiger partial charge in [-0.1, -0.05) is 0 Å². The number of likely N-dealkylation sites (tertiary alicyclic amines) is 1. The second-order valence-corrected chi connectivity index (χ2v) is 9.09. The lowest BCUT2D eigenvalue weighted by atomic mass is 9.93. The van der Waals surface area contributed by atoms with E-state index in [1.165, 1.54) is 0 Å². The summed E-state index contributed by atoms with van der Waals surface area (Å²) in [7, 11) is 0. The lowest BCUT2D eigenvalue weighted by Crippen LogP contribution is -2.51. The molecule has 1 aromatic heterocycles. The molecule has 0 N–H and O–H groups in total. The molecule has 3 unspecified atom stereocenters. The van der Waals surface area contributed by atoms with Gasteiger partial charge in [0, 0.05) is 29.7 Å². The number of amides is 1. The summed E-state index contributed by atoms with van der Waals surface area (Å²) in [5.74, 6) is 0.422. The lowest BCUT2D eigenvalue weighted by molar-refractivity contribution is -0.144. The Morgan fingerprint density at radius 3 is 2.41 bits per heavy atom. The largest absolute Gasteiger partial charge is 0.481 e. The molecule has 1 fully saturated rings. The molecule has 0 radical (unpaired) electrons. The zero-order valence-electron chi connectivity index (χ0n) is 19.5. The molecule has 2 heterocycles. The summed E-state index contributed by atoms with van der Waals surface area (Å²) in [6.45, 7) is 9.88. The third kappa shape index (κ3) is 4.21. The maximum absolute atomic E-state index is 13.8. The van der Waals surface area contributed by atoms with E-state index < -0.39 is 6.10 Å². The van der Waals surface area contributed by atoms with Crippen molar-refractivity contribution in [2.24, 2.45) is 0 Å². The predicted octanol–water partition coefficient (Wildman–Crippen LogP) is 6.21. The van der Waals surface area contributed by atoms with Gasteiger partial charge >= 0.3 is 0 Å². The zero-order chi connectivity index (χ0) is 23.0. The number of hydrogen-bond donors (Lipinski definition) is 0. The highest BCUT2D eigenvalue weighted by Crippen LogP contribution is 2.34. The average Bonchev–Trinajstić information content (AvgIpc) is 2.72. The Hall–Kier alpha value is -2.95. The summed E-state index contributed by atoms with van der Waals surface area (Å²) < 4.78 is 19.9. The summed E-state index contributed by atoms with van der Waals surface area (Å²) >= 11 is 0. The Labute approximate surface area is 189 Å². The molecule has 5 heteroatoms. The van der Waals surface area contributed by atoms with Crippen LogP contribution in [0, 0.1) is 19.7 Å². The maximum atomic E-state index is 13.8. The Morgan fingerprint density at radius 1 is 1.09 bits per heavy atom. The van der Waals surface area contributed by atoms with Gasteiger partial charge in [-0.05, 0) is 106 Å². The van der Waals surface area contributed by atoms with Gasteiger partial charge in [0.2, 0.25) is 0 Å². The molecule has 1 aliphatic heterocycles. The Balaban J connectivity index is 1.62. The van der Waals surface area contributed by atoms with Crippen LogP contribution in [-0.2, 0) is 4.79 Å². The van der Waals surface area contributed by atoms with Crippen LogP contribution in [0.2, 0.25) is 0 Å². The van der Waals surface area contributed by atoms with Crippen LogP contribution in [0.5, 0.6) is 5.75 Å². The van der Waals surface area contributed by atoms with Gasteiger partial charge in [0.1, 0.15) is 11.6 Å². The number of benzene rings is 2. The minimum atomic E-state index is -0.569. The summed E-state index contributed by atoms with van der Waals surface area (Å²) in [5, 5.41) is 0.968. The van der Waals surface area contributed by atoms with Crippen LogP contribution in [0.4, 0.5) is 4.39 Å². The van der Waals surface area contributed by atoms with E-state index in [-0.39, 0.29) is 23.8 Å². The van der Waals surface area contributed by atoms with Crippen LogP contribution in [0.15, 0.2) is 42.6 Å². The molecule has 4 rings (SSSR count). The van der Waals surface area contributed by atoms with Crippen molar-refractivity contribution in [1.82, 2.24) is 9.88 Å². The highest BCUT2D eigenvalue weighted by Gasteiger charge is 2.32. The second-order valence-electron chi connectivity index (χ2n) is 9.09. The fourth-order valence-electron chi connectivity index (χ4n) is 5.07. The molecule has 1 amide bonds. The summed E-state index contributed by atoms with van der Waals surface area (Å²) in [5.41, 5.74) is 4.59. The van der Waals surface area contributed by atoms with E-state index in [2.05, 4.69) is 18.8 Å². The first-order chi connectivity index (χ1) is 15.3. The van der Waals surface area contributed by atoms with Gasteiger partial charge in [0.05, 0.1) is 5.52 Å². The molecule has 0 saturated carbocycles. The molecule has 3 aromatic rings. The van der Waals surface area contributed by atoms with E-state index in [9.17, 15) is 9.18 Å². The van der Waals surface area contributed by atoms with Crippen molar-refractivity contribution < 1.29 is 13.9 Å². The van der Waals surface area contributed by atoms with Crippen LogP contribution in [-0.4, -0.2) is 34.0 Å². The number of rotatable bonds is 4. The number of aromatic nitrogens is 1. The van der Waals surface area contributed by atoms with Gasteiger partial charge in [0.15, 0.2) is 6.10 Å². The number of nitrogens with zero attached hydrogens (tertiary/aromatic N) is 2. The van der Waals surface area contributed by atoms with Gasteiger partial charge in [0.25, 0.3) is 5.91 Å². The molecule has 32 heavy (non-hydrogen) atoms. The molecular formula is C27H31FN2O2. The number of piperidine rings is 1. The van der Waals surface area contributed by atoms with Crippen LogP contribution in [0.1, 0.15) is 51.2 Å². The molecule has 2 aromatic carbocycles. The zero-order valence-corrected chi connectivity index (χ0v) is 19.5. The van der Waals surface area contributed by atoms with Crippen molar-refractivity contribution in [1.29, 1.82) is 0 Å². The van der Waals surface area contributed by atoms with Crippen molar-refractivity contribution in [3.05, 3.63) is 59.5 Å². The minimum absolute atomic E-state index is 0.0315. The number of halogens is 1. The van der Waals surface area contributed by atoms with Crippen molar-refractivity contribution in [2.75, 3.05) is 0 Å². The number of pyridine rings is 1. The molecule has 1 aliphatic rings. The molecule has 0 bridgehead atoms. The van der Waals surface area contributed by atoms with E-state index in [1.807, 2.05) is 49.9 Å². The van der Waals surface area contributed by atoms with Gasteiger partial charge in [-0.25, -0.2) is 4.39 Å². The van der Waals surface area contributed by atoms with Crippen molar-refractivity contribution in [3.8, 4) is 16.9 Å². The first kappa shape index (κ1) is 22.3. The Morgan fingerprint density at radius 2 is 1.75 bits per heavy atom. The van der Waals surface area contributed by atoms with E-state index in [4.69, 9.17) is 4.74 Å². The first-order valence-electron chi connectivity index (χ1n) is 11.4. The number of ether oxygens (including phenoxy) is 1. The molecule has 3 atom stereocenters. The third-order valence-corrected chi connectivity index (χ3v) is 6.59. The van der Waals surface area contributed by atoms with Crippen molar-refractivity contribution in [3.63, 3.8) is 0 Å². The fourth-order valence-corrected chi connectivity index (χ4v) is 5.07. The van der Waals surface area contributed by atoms with E-state index in [0.717, 1.165) is 52.4 Å². The molecule has 0 aliphatic carbocycles. The maximum Gasteiger partial charge on any atom is 0.263 e. The highest BCUT2D eigenvalue weighted by molar-refractivity contribution is 5.96. The average molecular weight is 435 g/mol. The van der Waals surface area contributed by atoms with Crippen molar-refractivity contribution in [2.45, 2.75) is 72.1 Å².